The van der Waals surface area contributed by atoms with E-state index in [-0.39, 0.29) is 29.2 Å². The third-order valence-electron chi connectivity index (χ3n) is 3.83. The molecule has 0 spiro atoms. The van der Waals surface area contributed by atoms with Crippen molar-refractivity contribution in [1.29, 1.82) is 0 Å². The number of benzene rings is 2. The highest BCUT2D eigenvalue weighted by Crippen LogP contribution is 2.23. The molecule has 1 heterocycles. The Kier molecular flexibility index (Phi) is 6.43. The Hall–Kier alpha value is -2.71. The molecule has 1 unspecified atom stereocenters. The number of halogens is 2. The van der Waals surface area contributed by atoms with Crippen LogP contribution in [-0.4, -0.2) is 27.9 Å². The molecule has 9 heteroatoms. The minimum absolute atomic E-state index is 0.0315. The van der Waals surface area contributed by atoms with Gasteiger partial charge >= 0.3 is 0 Å². The van der Waals surface area contributed by atoms with Crippen LogP contribution in [0.3, 0.4) is 0 Å². The monoisotopic (exact) mass is 418 g/mol. The number of carbonyl (C=O) groups excluding carboxylic acids is 2. The van der Waals surface area contributed by atoms with Gasteiger partial charge in [-0.1, -0.05) is 35.5 Å². The summed E-state index contributed by atoms with van der Waals surface area (Å²) in [6, 6.07) is 12.5. The first-order chi connectivity index (χ1) is 13.4. The fraction of sp³-hybridized carbons (Fsp3) is 0.158. The van der Waals surface area contributed by atoms with Crippen LogP contribution in [0.4, 0.5) is 10.1 Å². The molecular weight excluding hydrogens is 403 g/mol. The number of carbonyl (C=O) groups is 2. The number of nitrogens with zero attached hydrogens (tertiary/aromatic N) is 2. The van der Waals surface area contributed by atoms with Crippen molar-refractivity contribution in [2.24, 2.45) is 10.2 Å². The first-order valence-corrected chi connectivity index (χ1v) is 9.57. The summed E-state index contributed by atoms with van der Waals surface area (Å²) in [4.78, 5) is 24.4. The van der Waals surface area contributed by atoms with Gasteiger partial charge in [0.05, 0.1) is 5.71 Å². The number of anilines is 1. The van der Waals surface area contributed by atoms with Crippen molar-refractivity contribution in [2.75, 3.05) is 5.32 Å². The summed E-state index contributed by atoms with van der Waals surface area (Å²) >= 11 is 6.95. The summed E-state index contributed by atoms with van der Waals surface area (Å²) in [5, 5.41) is 13.6. The topological polar surface area (TPSA) is 82.9 Å². The predicted octanol–water partition coefficient (Wildman–Crippen LogP) is 3.82. The lowest BCUT2D eigenvalue weighted by molar-refractivity contribution is -0.123. The number of rotatable bonds is 4. The van der Waals surface area contributed by atoms with E-state index in [1.807, 2.05) is 0 Å². The first kappa shape index (κ1) is 20.0. The van der Waals surface area contributed by atoms with Crippen molar-refractivity contribution in [2.45, 2.75) is 18.6 Å². The zero-order valence-corrected chi connectivity index (χ0v) is 16.4. The van der Waals surface area contributed by atoms with Gasteiger partial charge in [0.1, 0.15) is 11.1 Å². The fourth-order valence-electron chi connectivity index (χ4n) is 2.36. The molecule has 1 aliphatic rings. The van der Waals surface area contributed by atoms with Crippen molar-refractivity contribution < 1.29 is 14.0 Å². The molecule has 28 heavy (non-hydrogen) atoms. The number of hydrogen-bond donors (Lipinski definition) is 2. The van der Waals surface area contributed by atoms with E-state index in [0.717, 1.165) is 11.8 Å². The van der Waals surface area contributed by atoms with Crippen molar-refractivity contribution in [3.63, 3.8) is 0 Å². The lowest BCUT2D eigenvalue weighted by atomic mass is 10.1. The highest BCUT2D eigenvalue weighted by atomic mass is 35.5. The zero-order valence-electron chi connectivity index (χ0n) is 14.8. The van der Waals surface area contributed by atoms with E-state index in [1.54, 1.807) is 43.3 Å². The van der Waals surface area contributed by atoms with Gasteiger partial charge in [0.2, 0.25) is 11.8 Å². The van der Waals surface area contributed by atoms with E-state index in [4.69, 9.17) is 11.6 Å². The standard InChI is InChI=1S/C19H16ClFN4O2S/c1-11(12-2-6-14(21)7-3-12)24-25-19-23-17(26)10-16(28-19)18(27)22-15-8-4-13(20)5-9-15/h2-9,16H,10H2,1H3,(H,22,27)(H,23,25,26)/b24-11+. The molecule has 3 rings (SSSR count). The molecule has 2 aromatic rings. The van der Waals surface area contributed by atoms with Crippen LogP contribution in [0.5, 0.6) is 0 Å². The Morgan fingerprint density at radius 3 is 2.57 bits per heavy atom. The van der Waals surface area contributed by atoms with Gasteiger partial charge in [0.15, 0.2) is 5.17 Å². The largest absolute Gasteiger partial charge is 0.325 e. The molecule has 2 N–H and O–H groups in total. The van der Waals surface area contributed by atoms with Crippen molar-refractivity contribution in [3.8, 4) is 0 Å². The van der Waals surface area contributed by atoms with Gasteiger partial charge in [-0.05, 0) is 48.9 Å². The Morgan fingerprint density at radius 2 is 1.89 bits per heavy atom. The highest BCUT2D eigenvalue weighted by Gasteiger charge is 2.30. The van der Waals surface area contributed by atoms with Crippen molar-refractivity contribution >= 4 is 51.7 Å². The predicted molar refractivity (Wildman–Crippen MR) is 110 cm³/mol. The summed E-state index contributed by atoms with van der Waals surface area (Å²) in [6.07, 6.45) is 0.0315. The average Bonchev–Trinajstić information content (AvgIpc) is 2.68. The second-order valence-corrected chi connectivity index (χ2v) is 7.58. The van der Waals surface area contributed by atoms with Crippen LogP contribution in [0.15, 0.2) is 58.7 Å². The molecule has 0 radical (unpaired) electrons. The average molecular weight is 419 g/mol. The van der Waals surface area contributed by atoms with E-state index < -0.39 is 5.25 Å². The second-order valence-electron chi connectivity index (χ2n) is 5.95. The summed E-state index contributed by atoms with van der Waals surface area (Å²) in [5.74, 6) is -0.968. The van der Waals surface area contributed by atoms with Crippen LogP contribution in [-0.2, 0) is 9.59 Å². The maximum Gasteiger partial charge on any atom is 0.238 e. The molecule has 2 amide bonds. The van der Waals surface area contributed by atoms with Crippen LogP contribution in [0.25, 0.3) is 0 Å². The van der Waals surface area contributed by atoms with E-state index in [1.165, 1.54) is 12.1 Å². The van der Waals surface area contributed by atoms with Gasteiger partial charge in [-0.25, -0.2) is 4.39 Å². The van der Waals surface area contributed by atoms with E-state index >= 15 is 0 Å². The quantitative estimate of drug-likeness (QED) is 0.585. The van der Waals surface area contributed by atoms with Crippen LogP contribution >= 0.6 is 23.4 Å². The lowest BCUT2D eigenvalue weighted by Gasteiger charge is -2.21. The number of thioether (sulfide) groups is 1. The Balaban J connectivity index is 1.69. The number of amidine groups is 1. The molecule has 144 valence electrons. The van der Waals surface area contributed by atoms with Gasteiger partial charge in [0, 0.05) is 17.1 Å². The molecular formula is C19H16ClFN4O2S. The highest BCUT2D eigenvalue weighted by molar-refractivity contribution is 8.15. The third kappa shape index (κ3) is 5.40. The zero-order chi connectivity index (χ0) is 20.1. The molecule has 1 atom stereocenters. The van der Waals surface area contributed by atoms with Gasteiger partial charge in [-0.15, -0.1) is 5.10 Å². The molecule has 1 fully saturated rings. The first-order valence-electron chi connectivity index (χ1n) is 8.32. The molecule has 1 aliphatic heterocycles. The van der Waals surface area contributed by atoms with Crippen LogP contribution in [0, 0.1) is 5.82 Å². The molecule has 0 saturated carbocycles. The summed E-state index contributed by atoms with van der Waals surface area (Å²) < 4.78 is 13.0. The minimum Gasteiger partial charge on any atom is -0.325 e. The third-order valence-corrected chi connectivity index (χ3v) is 5.15. The van der Waals surface area contributed by atoms with Crippen LogP contribution < -0.4 is 10.6 Å². The smallest absolute Gasteiger partial charge is 0.238 e. The number of amides is 2. The number of nitrogens with one attached hydrogen (secondary N) is 2. The van der Waals surface area contributed by atoms with Gasteiger partial charge in [-0.2, -0.15) is 5.10 Å². The summed E-state index contributed by atoms with van der Waals surface area (Å²) in [6.45, 7) is 1.72. The van der Waals surface area contributed by atoms with E-state index in [9.17, 15) is 14.0 Å². The number of hydrogen-bond acceptors (Lipinski definition) is 5. The van der Waals surface area contributed by atoms with E-state index in [2.05, 4.69) is 20.8 Å². The Bertz CT molecular complexity index is 945. The second kappa shape index (κ2) is 8.99. The van der Waals surface area contributed by atoms with Gasteiger partial charge in [-0.3, -0.25) is 9.59 Å². The maximum atomic E-state index is 13.0. The van der Waals surface area contributed by atoms with Crippen molar-refractivity contribution in [1.82, 2.24) is 5.32 Å². The van der Waals surface area contributed by atoms with Gasteiger partial charge < -0.3 is 10.6 Å². The molecule has 0 aliphatic carbocycles. The fourth-order valence-corrected chi connectivity index (χ4v) is 3.42. The minimum atomic E-state index is -0.635. The van der Waals surface area contributed by atoms with E-state index in [0.29, 0.717) is 22.0 Å². The summed E-state index contributed by atoms with van der Waals surface area (Å²) in [5.41, 5.74) is 1.84. The summed E-state index contributed by atoms with van der Waals surface area (Å²) in [7, 11) is 0. The SMILES string of the molecule is C/C(=N\N=C1/NC(=O)CC(C(=O)Nc2ccc(Cl)cc2)S1)c1ccc(F)cc1. The molecule has 6 nitrogen and oxygen atoms in total. The van der Waals surface area contributed by atoms with Gasteiger partial charge in [0.25, 0.3) is 0 Å². The Morgan fingerprint density at radius 1 is 1.21 bits per heavy atom. The maximum absolute atomic E-state index is 13.0. The molecule has 1 saturated heterocycles. The Labute approximate surface area is 170 Å². The van der Waals surface area contributed by atoms with Crippen LogP contribution in [0.2, 0.25) is 5.02 Å². The van der Waals surface area contributed by atoms with Crippen LogP contribution in [0.1, 0.15) is 18.9 Å². The lowest BCUT2D eigenvalue weighted by Crippen LogP contribution is -2.41. The normalized spacial score (nSPS) is 18.7. The molecule has 0 aromatic heterocycles. The van der Waals surface area contributed by atoms with Crippen molar-refractivity contribution in [3.05, 3.63) is 64.9 Å². The molecule has 0 bridgehead atoms. The molecule has 2 aromatic carbocycles.